The summed E-state index contributed by atoms with van der Waals surface area (Å²) in [5, 5.41) is 13.3. The minimum Gasteiger partial charge on any atom is -0.493 e. The van der Waals surface area contributed by atoms with E-state index in [9.17, 15) is 5.11 Å². The first-order valence-electron chi connectivity index (χ1n) is 7.30. The van der Waals surface area contributed by atoms with E-state index < -0.39 is 0 Å². The molecule has 1 fully saturated rings. The van der Waals surface area contributed by atoms with Gasteiger partial charge >= 0.3 is 0 Å². The monoisotopic (exact) mass is 279 g/mol. The van der Waals surface area contributed by atoms with Gasteiger partial charge in [-0.1, -0.05) is 6.07 Å². The minimum absolute atomic E-state index is 0.154. The SMILES string of the molecule is COc1ccc(C(C)NC2CCCC(O)C2)cc1OC. The van der Waals surface area contributed by atoms with Crippen LogP contribution >= 0.6 is 0 Å². The molecule has 0 radical (unpaired) electrons. The third-order valence-corrected chi connectivity index (χ3v) is 4.04. The Labute approximate surface area is 121 Å². The number of aliphatic hydroxyl groups excluding tert-OH is 1. The molecule has 1 aromatic carbocycles. The minimum atomic E-state index is -0.154. The summed E-state index contributed by atoms with van der Waals surface area (Å²) in [6, 6.07) is 6.61. The van der Waals surface area contributed by atoms with Crippen molar-refractivity contribution in [2.75, 3.05) is 14.2 Å². The van der Waals surface area contributed by atoms with Gasteiger partial charge < -0.3 is 19.9 Å². The van der Waals surface area contributed by atoms with Crippen LogP contribution in [-0.2, 0) is 0 Å². The van der Waals surface area contributed by atoms with Crippen LogP contribution < -0.4 is 14.8 Å². The quantitative estimate of drug-likeness (QED) is 0.870. The Bertz CT molecular complexity index is 436. The molecule has 0 spiro atoms. The molecular weight excluding hydrogens is 254 g/mol. The fraction of sp³-hybridized carbons (Fsp3) is 0.625. The van der Waals surface area contributed by atoms with E-state index in [0.717, 1.165) is 37.2 Å². The predicted octanol–water partition coefficient (Wildman–Crippen LogP) is 2.66. The van der Waals surface area contributed by atoms with Gasteiger partial charge in [-0.05, 0) is 50.3 Å². The number of methoxy groups -OCH3 is 2. The molecule has 4 heteroatoms. The van der Waals surface area contributed by atoms with E-state index in [4.69, 9.17) is 9.47 Å². The third-order valence-electron chi connectivity index (χ3n) is 4.04. The summed E-state index contributed by atoms with van der Waals surface area (Å²) < 4.78 is 10.6. The van der Waals surface area contributed by atoms with Crippen LogP contribution in [0.1, 0.15) is 44.2 Å². The van der Waals surface area contributed by atoms with E-state index in [-0.39, 0.29) is 12.1 Å². The van der Waals surface area contributed by atoms with Crippen LogP contribution in [0.3, 0.4) is 0 Å². The van der Waals surface area contributed by atoms with Crippen molar-refractivity contribution in [3.8, 4) is 11.5 Å². The van der Waals surface area contributed by atoms with Crippen molar-refractivity contribution in [1.82, 2.24) is 5.32 Å². The van der Waals surface area contributed by atoms with Gasteiger partial charge in [-0.2, -0.15) is 0 Å². The van der Waals surface area contributed by atoms with Crippen LogP contribution in [0.25, 0.3) is 0 Å². The van der Waals surface area contributed by atoms with Crippen LogP contribution in [0, 0.1) is 0 Å². The van der Waals surface area contributed by atoms with E-state index >= 15 is 0 Å². The molecule has 1 aliphatic rings. The average molecular weight is 279 g/mol. The second-order valence-corrected chi connectivity index (χ2v) is 5.52. The maximum Gasteiger partial charge on any atom is 0.161 e. The van der Waals surface area contributed by atoms with Gasteiger partial charge in [0.25, 0.3) is 0 Å². The lowest BCUT2D eigenvalue weighted by Crippen LogP contribution is -2.37. The van der Waals surface area contributed by atoms with Crippen LogP contribution in [0.15, 0.2) is 18.2 Å². The van der Waals surface area contributed by atoms with Gasteiger partial charge in [0.05, 0.1) is 20.3 Å². The van der Waals surface area contributed by atoms with Crippen molar-refractivity contribution < 1.29 is 14.6 Å². The molecule has 3 atom stereocenters. The molecule has 0 amide bonds. The van der Waals surface area contributed by atoms with Gasteiger partial charge in [-0.3, -0.25) is 0 Å². The van der Waals surface area contributed by atoms with Gasteiger partial charge in [0, 0.05) is 12.1 Å². The first kappa shape index (κ1) is 15.1. The standard InChI is InChI=1S/C16H25NO3/c1-11(17-13-5-4-6-14(18)10-13)12-7-8-15(19-2)16(9-12)20-3/h7-9,11,13-14,17-18H,4-6,10H2,1-3H3. The summed E-state index contributed by atoms with van der Waals surface area (Å²) in [5.74, 6) is 1.50. The van der Waals surface area contributed by atoms with Gasteiger partial charge in [-0.15, -0.1) is 0 Å². The second kappa shape index (κ2) is 6.95. The largest absolute Gasteiger partial charge is 0.493 e. The lowest BCUT2D eigenvalue weighted by Gasteiger charge is -2.29. The van der Waals surface area contributed by atoms with Crippen LogP contribution in [0.5, 0.6) is 11.5 Å². The molecule has 20 heavy (non-hydrogen) atoms. The van der Waals surface area contributed by atoms with Crippen LogP contribution in [0.2, 0.25) is 0 Å². The van der Waals surface area contributed by atoms with E-state index in [0.29, 0.717) is 6.04 Å². The van der Waals surface area contributed by atoms with Crippen molar-refractivity contribution >= 4 is 0 Å². The van der Waals surface area contributed by atoms with Crippen LogP contribution in [0.4, 0.5) is 0 Å². The Morgan fingerprint density at radius 3 is 2.60 bits per heavy atom. The zero-order chi connectivity index (χ0) is 14.5. The zero-order valence-electron chi connectivity index (χ0n) is 12.6. The highest BCUT2D eigenvalue weighted by Crippen LogP contribution is 2.30. The normalized spacial score (nSPS) is 24.2. The Kier molecular flexibility index (Phi) is 5.26. The van der Waals surface area contributed by atoms with Crippen molar-refractivity contribution in [3.63, 3.8) is 0 Å². The topological polar surface area (TPSA) is 50.7 Å². The summed E-state index contributed by atoms with van der Waals surface area (Å²) in [6.45, 7) is 2.14. The first-order chi connectivity index (χ1) is 9.63. The maximum atomic E-state index is 9.74. The first-order valence-corrected chi connectivity index (χ1v) is 7.30. The maximum absolute atomic E-state index is 9.74. The molecule has 1 saturated carbocycles. The smallest absolute Gasteiger partial charge is 0.161 e. The molecule has 2 N–H and O–H groups in total. The molecule has 1 aliphatic carbocycles. The summed E-state index contributed by atoms with van der Waals surface area (Å²) in [6.07, 6.45) is 3.85. The summed E-state index contributed by atoms with van der Waals surface area (Å²) >= 11 is 0. The molecule has 4 nitrogen and oxygen atoms in total. The third kappa shape index (κ3) is 3.64. The van der Waals surface area contributed by atoms with Gasteiger partial charge in [0.1, 0.15) is 0 Å². The number of ether oxygens (including phenoxy) is 2. The fourth-order valence-electron chi connectivity index (χ4n) is 2.89. The van der Waals surface area contributed by atoms with E-state index in [2.05, 4.69) is 18.3 Å². The molecule has 0 saturated heterocycles. The van der Waals surface area contributed by atoms with E-state index in [1.165, 1.54) is 5.56 Å². The Morgan fingerprint density at radius 2 is 1.95 bits per heavy atom. The lowest BCUT2D eigenvalue weighted by atomic mass is 9.92. The van der Waals surface area contributed by atoms with E-state index in [1.807, 2.05) is 12.1 Å². The Balaban J connectivity index is 2.03. The van der Waals surface area contributed by atoms with Gasteiger partial charge in [0.2, 0.25) is 0 Å². The molecule has 112 valence electrons. The number of nitrogens with one attached hydrogen (secondary N) is 1. The molecule has 3 unspecified atom stereocenters. The molecule has 0 aliphatic heterocycles. The molecule has 0 heterocycles. The summed E-state index contributed by atoms with van der Waals surface area (Å²) in [7, 11) is 3.29. The molecule has 0 aromatic heterocycles. The van der Waals surface area contributed by atoms with Gasteiger partial charge in [-0.25, -0.2) is 0 Å². The molecular formula is C16H25NO3. The number of hydrogen-bond donors (Lipinski definition) is 2. The highest BCUT2D eigenvalue weighted by Gasteiger charge is 2.22. The van der Waals surface area contributed by atoms with Crippen molar-refractivity contribution in [3.05, 3.63) is 23.8 Å². The average Bonchev–Trinajstić information content (AvgIpc) is 2.46. The number of benzene rings is 1. The van der Waals surface area contributed by atoms with Crippen molar-refractivity contribution in [2.24, 2.45) is 0 Å². The Morgan fingerprint density at radius 1 is 1.20 bits per heavy atom. The number of rotatable bonds is 5. The van der Waals surface area contributed by atoms with Crippen molar-refractivity contribution in [2.45, 2.75) is 50.8 Å². The van der Waals surface area contributed by atoms with Crippen molar-refractivity contribution in [1.29, 1.82) is 0 Å². The number of hydrogen-bond acceptors (Lipinski definition) is 4. The molecule has 1 aromatic rings. The van der Waals surface area contributed by atoms with Crippen LogP contribution in [-0.4, -0.2) is 31.5 Å². The Hall–Kier alpha value is -1.26. The lowest BCUT2D eigenvalue weighted by molar-refractivity contribution is 0.109. The molecule has 2 rings (SSSR count). The second-order valence-electron chi connectivity index (χ2n) is 5.52. The van der Waals surface area contributed by atoms with E-state index in [1.54, 1.807) is 14.2 Å². The summed E-state index contributed by atoms with van der Waals surface area (Å²) in [4.78, 5) is 0. The summed E-state index contributed by atoms with van der Waals surface area (Å²) in [5.41, 5.74) is 1.17. The molecule has 0 bridgehead atoms. The highest BCUT2D eigenvalue weighted by atomic mass is 16.5. The number of aliphatic hydroxyl groups is 1. The fourth-order valence-corrected chi connectivity index (χ4v) is 2.89. The highest BCUT2D eigenvalue weighted by molar-refractivity contribution is 5.43. The van der Waals surface area contributed by atoms with Gasteiger partial charge in [0.15, 0.2) is 11.5 Å². The zero-order valence-corrected chi connectivity index (χ0v) is 12.6. The predicted molar refractivity (Wildman–Crippen MR) is 79.4 cm³/mol.